The van der Waals surface area contributed by atoms with Gasteiger partial charge in [-0.2, -0.15) is 0 Å². The Kier molecular flexibility index (Phi) is 12.2. The molecule has 5 heteroatoms. The van der Waals surface area contributed by atoms with Crippen molar-refractivity contribution in [3.05, 3.63) is 203 Å². The summed E-state index contributed by atoms with van der Waals surface area (Å²) in [6.45, 7) is 26.3. The van der Waals surface area contributed by atoms with Crippen molar-refractivity contribution in [3.8, 4) is 33.8 Å². The number of benzene rings is 7. The Balaban J connectivity index is 0.924. The second-order valence-corrected chi connectivity index (χ2v) is 24.7. The largest absolute Gasteiger partial charge is 0.489 e. The zero-order chi connectivity index (χ0) is 54.8. The lowest BCUT2D eigenvalue weighted by atomic mass is 9.77. The van der Waals surface area contributed by atoms with E-state index < -0.39 is 6.85 Å². The molecule has 74 heavy (non-hydrogen) atoms. The van der Waals surface area contributed by atoms with Crippen LogP contribution in [-0.4, -0.2) is 22.8 Å². The van der Waals surface area contributed by atoms with Gasteiger partial charge in [-0.15, -0.1) is 0 Å². The minimum absolute atomic E-state index is 0.0382. The van der Waals surface area contributed by atoms with Crippen LogP contribution < -0.4 is 14.5 Å². The summed E-state index contributed by atoms with van der Waals surface area (Å²) in [7, 11) is 0. The maximum absolute atomic E-state index is 8.93. The van der Waals surface area contributed by atoms with E-state index in [4.69, 9.17) is 13.8 Å². The summed E-state index contributed by atoms with van der Waals surface area (Å²) in [5, 5.41) is 2.31. The third-order valence-electron chi connectivity index (χ3n) is 15.1. The monoisotopic (exact) mass is 980 g/mol. The number of pyridine rings is 1. The fourth-order valence-electron chi connectivity index (χ4n) is 10.6. The van der Waals surface area contributed by atoms with Gasteiger partial charge in [-0.3, -0.25) is 4.57 Å². The van der Waals surface area contributed by atoms with Gasteiger partial charge in [0.2, 0.25) is 0 Å². The van der Waals surface area contributed by atoms with Crippen LogP contribution in [0, 0.1) is 6.85 Å². The first-order valence-electron chi connectivity index (χ1n) is 28.1. The van der Waals surface area contributed by atoms with Crippen molar-refractivity contribution in [1.29, 1.82) is 0 Å². The third-order valence-corrected chi connectivity index (χ3v) is 15.1. The van der Waals surface area contributed by atoms with Crippen molar-refractivity contribution in [2.75, 3.05) is 23.0 Å². The average molecular weight is 980 g/mol. The quantitative estimate of drug-likeness (QED) is 0.129. The minimum atomic E-state index is -2.28. The van der Waals surface area contributed by atoms with E-state index in [1.807, 2.05) is 12.3 Å². The normalized spacial score (nSPS) is 14.1. The lowest BCUT2D eigenvalue weighted by Gasteiger charge is -2.28. The number of para-hydroxylation sites is 2. The summed E-state index contributed by atoms with van der Waals surface area (Å²) in [4.78, 5) is 9.77. The standard InChI is InChI=1S/C69H76N4O/c1-46-35-52(67(5,6)7)41-59(50-37-53(68(8,9)10)40-54(38-50)69(11,12)13)57(46)25-20-34-71-45-72(63-27-18-17-26-62(63)71)55-24-19-21-47(36-55)44-74-56-29-30-58-60-39-49(48-22-15-14-16-23-48)28-31-61(60)73(64(58)43-56)65-42-51(32-33-70-65)66(2,3)4/h14-19,21-24,26-33,35-43H,20,25,34,44-45H2,1-13H3/i1D3. The van der Waals surface area contributed by atoms with Gasteiger partial charge in [0.1, 0.15) is 18.2 Å². The summed E-state index contributed by atoms with van der Waals surface area (Å²) in [5.74, 6) is 1.67. The van der Waals surface area contributed by atoms with Crippen LogP contribution in [0.15, 0.2) is 164 Å². The summed E-state index contributed by atoms with van der Waals surface area (Å²) in [6.07, 6.45) is 3.33. The van der Waals surface area contributed by atoms with Crippen LogP contribution >= 0.6 is 0 Å². The predicted molar refractivity (Wildman–Crippen MR) is 315 cm³/mol. The highest BCUT2D eigenvalue weighted by molar-refractivity contribution is 6.10. The molecule has 0 saturated heterocycles. The highest BCUT2D eigenvalue weighted by Gasteiger charge is 2.28. The summed E-state index contributed by atoms with van der Waals surface area (Å²) < 4.78 is 35.8. The molecule has 0 unspecified atom stereocenters. The van der Waals surface area contributed by atoms with E-state index >= 15 is 0 Å². The topological polar surface area (TPSA) is 33.5 Å². The van der Waals surface area contributed by atoms with Crippen LogP contribution in [0.5, 0.6) is 5.75 Å². The van der Waals surface area contributed by atoms with Crippen molar-refractivity contribution in [2.45, 2.75) is 131 Å². The molecular weight excluding hydrogens is 901 g/mol. The van der Waals surface area contributed by atoms with Crippen LogP contribution in [-0.2, 0) is 34.7 Å². The lowest BCUT2D eigenvalue weighted by Crippen LogP contribution is -2.29. The molecule has 378 valence electrons. The van der Waals surface area contributed by atoms with Crippen LogP contribution in [0.3, 0.4) is 0 Å². The summed E-state index contributed by atoms with van der Waals surface area (Å²) >= 11 is 0. The van der Waals surface area contributed by atoms with Crippen molar-refractivity contribution in [2.24, 2.45) is 0 Å². The van der Waals surface area contributed by atoms with Crippen molar-refractivity contribution in [3.63, 3.8) is 0 Å². The van der Waals surface area contributed by atoms with Gasteiger partial charge in [0.25, 0.3) is 0 Å². The second kappa shape index (κ2) is 19.3. The molecule has 0 aliphatic carbocycles. The molecule has 7 aromatic carbocycles. The smallest absolute Gasteiger partial charge is 0.137 e. The molecule has 1 aliphatic rings. The Hall–Kier alpha value is -7.11. The molecule has 0 N–H and O–H groups in total. The number of rotatable bonds is 11. The molecule has 0 amide bonds. The van der Waals surface area contributed by atoms with Gasteiger partial charge in [-0.25, -0.2) is 4.98 Å². The van der Waals surface area contributed by atoms with E-state index in [2.05, 4.69) is 249 Å². The van der Waals surface area contributed by atoms with Crippen LogP contribution in [0.4, 0.5) is 17.1 Å². The van der Waals surface area contributed by atoms with Crippen LogP contribution in [0.1, 0.15) is 133 Å². The predicted octanol–water partition coefficient (Wildman–Crippen LogP) is 18.1. The third kappa shape index (κ3) is 10.2. The van der Waals surface area contributed by atoms with Gasteiger partial charge < -0.3 is 14.5 Å². The first-order chi connectivity index (χ1) is 36.3. The van der Waals surface area contributed by atoms with Crippen molar-refractivity contribution in [1.82, 2.24) is 9.55 Å². The molecule has 0 atom stereocenters. The fourth-order valence-corrected chi connectivity index (χ4v) is 10.6. The Bertz CT molecular complexity index is 3600. The summed E-state index contributed by atoms with van der Waals surface area (Å²) in [5.41, 5.74) is 16.8. The van der Waals surface area contributed by atoms with Crippen molar-refractivity contribution < 1.29 is 8.85 Å². The van der Waals surface area contributed by atoms with Gasteiger partial charge in [0, 0.05) is 39.4 Å². The Morgan fingerprint density at radius 2 is 1.23 bits per heavy atom. The molecule has 1 aliphatic heterocycles. The molecule has 0 fully saturated rings. The molecule has 2 aromatic heterocycles. The Labute approximate surface area is 446 Å². The molecule has 0 spiro atoms. The zero-order valence-corrected chi connectivity index (χ0v) is 45.8. The van der Waals surface area contributed by atoms with Gasteiger partial charge in [-0.1, -0.05) is 174 Å². The van der Waals surface area contributed by atoms with Crippen molar-refractivity contribution >= 4 is 38.9 Å². The second-order valence-electron chi connectivity index (χ2n) is 24.7. The van der Waals surface area contributed by atoms with E-state index in [0.717, 1.165) is 80.1 Å². The van der Waals surface area contributed by atoms with Gasteiger partial charge in [-0.05, 0) is 163 Å². The number of aromatic nitrogens is 2. The summed E-state index contributed by atoms with van der Waals surface area (Å²) in [6, 6.07) is 56.6. The lowest BCUT2D eigenvalue weighted by molar-refractivity contribution is 0.306. The fraction of sp³-hybridized carbons (Fsp3) is 0.319. The molecule has 10 rings (SSSR count). The van der Waals surface area contributed by atoms with Crippen LogP contribution in [0.2, 0.25) is 0 Å². The maximum atomic E-state index is 8.93. The van der Waals surface area contributed by atoms with Crippen LogP contribution in [0.25, 0.3) is 49.9 Å². The Morgan fingerprint density at radius 1 is 0.541 bits per heavy atom. The number of ether oxygens (including phenoxy) is 1. The Morgan fingerprint density at radius 3 is 1.93 bits per heavy atom. The number of hydrogen-bond acceptors (Lipinski definition) is 4. The van der Waals surface area contributed by atoms with Gasteiger partial charge >= 0.3 is 0 Å². The number of aryl methyl sites for hydroxylation is 1. The number of hydrogen-bond donors (Lipinski definition) is 0. The van der Waals surface area contributed by atoms with E-state index in [-0.39, 0.29) is 21.7 Å². The van der Waals surface area contributed by atoms with E-state index in [1.165, 1.54) is 38.9 Å². The number of anilines is 3. The van der Waals surface area contributed by atoms with E-state index in [0.29, 0.717) is 25.3 Å². The first kappa shape index (κ1) is 46.7. The van der Waals surface area contributed by atoms with E-state index in [1.54, 1.807) is 0 Å². The SMILES string of the molecule is [2H]C([2H])([2H])c1cc(C(C)(C)C)cc(-c2cc(C(C)(C)C)cc(C(C)(C)C)c2)c1CCCN1CN(c2cccc(COc3ccc4c5cc(-c6ccccc6)ccc5n(-c5cc(C(C)(C)C)ccn5)c4c3)c2)c2ccccc21. The molecule has 9 aromatic rings. The van der Waals surface area contributed by atoms with Gasteiger partial charge in [0.15, 0.2) is 0 Å². The average Bonchev–Trinajstić information content (AvgIpc) is 3.96. The molecule has 0 radical (unpaired) electrons. The number of nitrogens with zero attached hydrogens (tertiary/aromatic N) is 4. The molecular formula is C69H76N4O. The molecule has 5 nitrogen and oxygen atoms in total. The first-order valence-corrected chi connectivity index (χ1v) is 26.6. The molecule has 3 heterocycles. The highest BCUT2D eigenvalue weighted by Crippen LogP contribution is 2.43. The minimum Gasteiger partial charge on any atom is -0.489 e. The van der Waals surface area contributed by atoms with Gasteiger partial charge in [0.05, 0.1) is 29.1 Å². The maximum Gasteiger partial charge on any atom is 0.137 e. The number of fused-ring (bicyclic) bond motifs is 4. The molecule has 0 saturated carbocycles. The molecule has 0 bridgehead atoms. The highest BCUT2D eigenvalue weighted by atomic mass is 16.5. The van der Waals surface area contributed by atoms with E-state index in [9.17, 15) is 0 Å². The zero-order valence-electron chi connectivity index (χ0n) is 48.8.